The Hall–Kier alpha value is -0.630. The number of rotatable bonds is 7. The van der Waals surface area contributed by atoms with Gasteiger partial charge in [-0.1, -0.05) is 19.4 Å². The fourth-order valence-corrected chi connectivity index (χ4v) is 2.34. The summed E-state index contributed by atoms with van der Waals surface area (Å²) in [6.45, 7) is 9.00. The first-order valence-corrected chi connectivity index (χ1v) is 6.64. The third-order valence-corrected chi connectivity index (χ3v) is 3.48. The van der Waals surface area contributed by atoms with Crippen molar-refractivity contribution in [2.45, 2.75) is 45.4 Å². The maximum Gasteiger partial charge on any atom is 0.138 e. The van der Waals surface area contributed by atoms with E-state index in [9.17, 15) is 4.79 Å². The van der Waals surface area contributed by atoms with Gasteiger partial charge in [-0.15, -0.1) is 6.58 Å². The number of likely N-dealkylation sites (tertiary alicyclic amines) is 1. The molecule has 2 nitrogen and oxygen atoms in total. The zero-order valence-corrected chi connectivity index (χ0v) is 10.6. The molecule has 0 bridgehead atoms. The van der Waals surface area contributed by atoms with E-state index in [0.29, 0.717) is 11.7 Å². The lowest BCUT2D eigenvalue weighted by molar-refractivity contribution is -0.126. The van der Waals surface area contributed by atoms with E-state index in [4.69, 9.17) is 0 Å². The average Bonchev–Trinajstić information content (AvgIpc) is 2.31. The first-order valence-electron chi connectivity index (χ1n) is 6.64. The summed E-state index contributed by atoms with van der Waals surface area (Å²) in [6, 6.07) is 0. The molecule has 1 fully saturated rings. The van der Waals surface area contributed by atoms with Gasteiger partial charge in [0.25, 0.3) is 0 Å². The van der Waals surface area contributed by atoms with Gasteiger partial charge in [-0.05, 0) is 32.2 Å². The molecule has 0 aromatic carbocycles. The Morgan fingerprint density at radius 2 is 2.25 bits per heavy atom. The fraction of sp³-hybridized carbons (Fsp3) is 0.786. The van der Waals surface area contributed by atoms with E-state index < -0.39 is 0 Å². The molecule has 0 spiro atoms. The molecule has 16 heavy (non-hydrogen) atoms. The predicted octanol–water partition coefficient (Wildman–Crippen LogP) is 3.03. The zero-order chi connectivity index (χ0) is 11.8. The maximum atomic E-state index is 11.5. The topological polar surface area (TPSA) is 20.3 Å². The molecule has 1 unspecified atom stereocenters. The molecule has 1 aliphatic heterocycles. The van der Waals surface area contributed by atoms with Gasteiger partial charge in [-0.2, -0.15) is 0 Å². The average molecular weight is 223 g/mol. The number of hydrogen-bond acceptors (Lipinski definition) is 2. The van der Waals surface area contributed by atoms with Crippen molar-refractivity contribution in [3.63, 3.8) is 0 Å². The molecule has 1 aliphatic rings. The normalized spacial score (nSPS) is 22.3. The van der Waals surface area contributed by atoms with Gasteiger partial charge < -0.3 is 4.90 Å². The second kappa shape index (κ2) is 7.61. The molecule has 1 rings (SSSR count). The van der Waals surface area contributed by atoms with Crippen molar-refractivity contribution in [3.8, 4) is 0 Å². The van der Waals surface area contributed by atoms with E-state index in [1.54, 1.807) is 0 Å². The summed E-state index contributed by atoms with van der Waals surface area (Å²) in [5.41, 5.74) is 0. The highest BCUT2D eigenvalue weighted by atomic mass is 16.1. The van der Waals surface area contributed by atoms with Crippen LogP contribution in [0.25, 0.3) is 0 Å². The molecule has 1 saturated heterocycles. The highest BCUT2D eigenvalue weighted by molar-refractivity contribution is 5.82. The number of Topliss-reactive ketones (excluding diaryl/α,β-unsaturated/α-hetero) is 1. The monoisotopic (exact) mass is 223 g/mol. The Bertz CT molecular complexity index is 225. The van der Waals surface area contributed by atoms with Crippen LogP contribution in [0.2, 0.25) is 0 Å². The number of carbonyl (C=O) groups excluding carboxylic acids is 1. The summed E-state index contributed by atoms with van der Waals surface area (Å²) in [5.74, 6) is 0.785. The van der Waals surface area contributed by atoms with Crippen LogP contribution < -0.4 is 0 Å². The fourth-order valence-electron chi connectivity index (χ4n) is 2.34. The molecule has 0 radical (unpaired) electrons. The van der Waals surface area contributed by atoms with Crippen molar-refractivity contribution in [3.05, 3.63) is 12.7 Å². The van der Waals surface area contributed by atoms with Crippen LogP contribution in [0, 0.1) is 5.92 Å². The molecule has 92 valence electrons. The van der Waals surface area contributed by atoms with Crippen molar-refractivity contribution in [2.75, 3.05) is 19.6 Å². The number of allylic oxidation sites excluding steroid dienone is 1. The molecule has 0 amide bonds. The second-order valence-corrected chi connectivity index (χ2v) is 4.76. The standard InChI is InChI=1S/C14H25NO/c1-3-5-6-7-8-10-15-11-9-14(16)13(4-2)12-15/h3,13H,1,4-12H2,2H3. The van der Waals surface area contributed by atoms with Crippen LogP contribution in [0.15, 0.2) is 12.7 Å². The van der Waals surface area contributed by atoms with Crippen LogP contribution in [0.3, 0.4) is 0 Å². The number of hydrogen-bond donors (Lipinski definition) is 0. The van der Waals surface area contributed by atoms with Gasteiger partial charge in [0.2, 0.25) is 0 Å². The lowest BCUT2D eigenvalue weighted by atomic mass is 9.94. The van der Waals surface area contributed by atoms with Gasteiger partial charge in [-0.3, -0.25) is 4.79 Å². The van der Waals surface area contributed by atoms with Crippen molar-refractivity contribution in [2.24, 2.45) is 5.92 Å². The maximum absolute atomic E-state index is 11.5. The number of nitrogens with zero attached hydrogens (tertiary/aromatic N) is 1. The Labute approximate surface area is 99.7 Å². The smallest absolute Gasteiger partial charge is 0.138 e. The Morgan fingerprint density at radius 3 is 2.94 bits per heavy atom. The lowest BCUT2D eigenvalue weighted by Gasteiger charge is -2.31. The predicted molar refractivity (Wildman–Crippen MR) is 68.5 cm³/mol. The van der Waals surface area contributed by atoms with E-state index in [-0.39, 0.29) is 0 Å². The first-order chi connectivity index (χ1) is 7.77. The van der Waals surface area contributed by atoms with Gasteiger partial charge in [0.05, 0.1) is 0 Å². The third-order valence-electron chi connectivity index (χ3n) is 3.48. The van der Waals surface area contributed by atoms with Crippen molar-refractivity contribution in [1.82, 2.24) is 4.90 Å². The summed E-state index contributed by atoms with van der Waals surface area (Å²) in [4.78, 5) is 14.0. The summed E-state index contributed by atoms with van der Waals surface area (Å²) >= 11 is 0. The quantitative estimate of drug-likeness (QED) is 0.488. The van der Waals surface area contributed by atoms with Gasteiger partial charge in [0.15, 0.2) is 0 Å². The van der Waals surface area contributed by atoms with Crippen LogP contribution in [0.5, 0.6) is 0 Å². The number of ketones is 1. The van der Waals surface area contributed by atoms with E-state index in [1.165, 1.54) is 25.8 Å². The van der Waals surface area contributed by atoms with Crippen molar-refractivity contribution >= 4 is 5.78 Å². The minimum Gasteiger partial charge on any atom is -0.302 e. The van der Waals surface area contributed by atoms with E-state index in [2.05, 4.69) is 18.4 Å². The third kappa shape index (κ3) is 4.48. The molecule has 0 aromatic rings. The Kier molecular flexibility index (Phi) is 6.39. The summed E-state index contributed by atoms with van der Waals surface area (Å²) < 4.78 is 0. The molecule has 1 atom stereocenters. The lowest BCUT2D eigenvalue weighted by Crippen LogP contribution is -2.40. The summed E-state index contributed by atoms with van der Waals surface area (Å²) in [7, 11) is 0. The van der Waals surface area contributed by atoms with Crippen molar-refractivity contribution in [1.29, 1.82) is 0 Å². The van der Waals surface area contributed by atoms with Crippen LogP contribution >= 0.6 is 0 Å². The van der Waals surface area contributed by atoms with E-state index in [0.717, 1.165) is 32.4 Å². The van der Waals surface area contributed by atoms with Crippen LogP contribution in [0.4, 0.5) is 0 Å². The largest absolute Gasteiger partial charge is 0.302 e. The van der Waals surface area contributed by atoms with Gasteiger partial charge >= 0.3 is 0 Å². The summed E-state index contributed by atoms with van der Waals surface area (Å²) in [6.07, 6.45) is 8.71. The van der Waals surface area contributed by atoms with E-state index >= 15 is 0 Å². The van der Waals surface area contributed by atoms with Crippen LogP contribution in [0.1, 0.15) is 45.4 Å². The Balaban J connectivity index is 2.13. The molecule has 1 heterocycles. The molecular weight excluding hydrogens is 198 g/mol. The SMILES string of the molecule is C=CCCCCCN1CCC(=O)C(CC)C1. The number of unbranched alkanes of at least 4 members (excludes halogenated alkanes) is 3. The minimum absolute atomic E-state index is 0.307. The molecule has 0 saturated carbocycles. The van der Waals surface area contributed by atoms with Crippen LogP contribution in [-0.2, 0) is 4.79 Å². The first kappa shape index (κ1) is 13.4. The molecule has 2 heteroatoms. The van der Waals surface area contributed by atoms with Gasteiger partial charge in [-0.25, -0.2) is 0 Å². The molecule has 0 aromatic heterocycles. The highest BCUT2D eigenvalue weighted by Gasteiger charge is 2.24. The second-order valence-electron chi connectivity index (χ2n) is 4.76. The summed E-state index contributed by atoms with van der Waals surface area (Å²) in [5, 5.41) is 0. The zero-order valence-electron chi connectivity index (χ0n) is 10.6. The van der Waals surface area contributed by atoms with Crippen LogP contribution in [-0.4, -0.2) is 30.3 Å². The molecule has 0 aliphatic carbocycles. The number of carbonyl (C=O) groups is 1. The van der Waals surface area contributed by atoms with Gasteiger partial charge in [0.1, 0.15) is 5.78 Å². The minimum atomic E-state index is 0.307. The Morgan fingerprint density at radius 1 is 1.44 bits per heavy atom. The number of piperidine rings is 1. The van der Waals surface area contributed by atoms with Crippen molar-refractivity contribution < 1.29 is 4.79 Å². The van der Waals surface area contributed by atoms with Gasteiger partial charge in [0, 0.05) is 25.4 Å². The van der Waals surface area contributed by atoms with E-state index in [1.807, 2.05) is 6.08 Å². The highest BCUT2D eigenvalue weighted by Crippen LogP contribution is 2.16. The molecular formula is C14H25NO. The molecule has 0 N–H and O–H groups in total.